The standard InChI is InChI=1S/C8H12O4.Na.H/c9-7(10)5-1-2-6(4-3-5)8(11)12;;/h5-6H,1-4H2,(H,9,10)(H,11,12);;/q;+1;-1. The van der Waals surface area contributed by atoms with Crippen LogP contribution >= 0.6 is 0 Å². The van der Waals surface area contributed by atoms with E-state index in [0.29, 0.717) is 25.7 Å². The quantitative estimate of drug-likeness (QED) is 0.505. The Morgan fingerprint density at radius 3 is 1.31 bits per heavy atom. The summed E-state index contributed by atoms with van der Waals surface area (Å²) in [5.41, 5.74) is 0. The minimum atomic E-state index is -0.793. The van der Waals surface area contributed by atoms with E-state index in [0.717, 1.165) is 0 Å². The second-order valence-corrected chi connectivity index (χ2v) is 3.23. The molecule has 0 bridgehead atoms. The number of carboxylic acids is 2. The van der Waals surface area contributed by atoms with Crippen LogP contribution in [0, 0.1) is 11.8 Å². The topological polar surface area (TPSA) is 74.6 Å². The number of hydrogen-bond acceptors (Lipinski definition) is 2. The van der Waals surface area contributed by atoms with Gasteiger partial charge >= 0.3 is 41.5 Å². The summed E-state index contributed by atoms with van der Waals surface area (Å²) in [6, 6.07) is 0. The summed E-state index contributed by atoms with van der Waals surface area (Å²) in [6.07, 6.45) is 2.03. The van der Waals surface area contributed by atoms with E-state index in [4.69, 9.17) is 10.2 Å². The third-order valence-corrected chi connectivity index (χ3v) is 2.43. The van der Waals surface area contributed by atoms with Crippen molar-refractivity contribution in [3.63, 3.8) is 0 Å². The zero-order valence-corrected chi connectivity index (χ0v) is 9.69. The van der Waals surface area contributed by atoms with Crippen molar-refractivity contribution in [3.05, 3.63) is 0 Å². The van der Waals surface area contributed by atoms with Gasteiger partial charge in [-0.2, -0.15) is 0 Å². The molecular weight excluding hydrogens is 183 g/mol. The van der Waals surface area contributed by atoms with Gasteiger partial charge in [0.25, 0.3) is 0 Å². The van der Waals surface area contributed by atoms with Crippen molar-refractivity contribution in [3.8, 4) is 0 Å². The summed E-state index contributed by atoms with van der Waals surface area (Å²) in [5.74, 6) is -2.22. The number of hydrogen-bond donors (Lipinski definition) is 2. The first kappa shape index (κ1) is 12.9. The van der Waals surface area contributed by atoms with Crippen LogP contribution in [0.1, 0.15) is 27.1 Å². The van der Waals surface area contributed by atoms with Crippen molar-refractivity contribution in [2.24, 2.45) is 11.8 Å². The molecule has 13 heavy (non-hydrogen) atoms. The fourth-order valence-electron chi connectivity index (χ4n) is 1.59. The van der Waals surface area contributed by atoms with Crippen LogP contribution in [0.2, 0.25) is 0 Å². The van der Waals surface area contributed by atoms with E-state index in [1.54, 1.807) is 0 Å². The van der Waals surface area contributed by atoms with E-state index in [2.05, 4.69) is 0 Å². The Hall–Kier alpha value is -0.0600. The number of carbonyl (C=O) groups is 2. The molecule has 1 aliphatic carbocycles. The SMILES string of the molecule is O=C(O)C1CCC(C(=O)O)CC1.[H-].[Na+]. The van der Waals surface area contributed by atoms with Crippen LogP contribution in [0.15, 0.2) is 0 Å². The van der Waals surface area contributed by atoms with Crippen molar-refractivity contribution >= 4 is 11.9 Å². The molecule has 5 heteroatoms. The average Bonchev–Trinajstić information content (AvgIpc) is 2.04. The van der Waals surface area contributed by atoms with Crippen molar-refractivity contribution in [1.29, 1.82) is 0 Å². The van der Waals surface area contributed by atoms with E-state index >= 15 is 0 Å². The number of rotatable bonds is 2. The summed E-state index contributed by atoms with van der Waals surface area (Å²) in [7, 11) is 0. The van der Waals surface area contributed by atoms with Crippen molar-refractivity contribution in [1.82, 2.24) is 0 Å². The molecule has 0 aromatic carbocycles. The Balaban J connectivity index is 0. The molecule has 0 aliphatic heterocycles. The van der Waals surface area contributed by atoms with Crippen molar-refractivity contribution in [2.45, 2.75) is 25.7 Å². The molecule has 0 spiro atoms. The second-order valence-electron chi connectivity index (χ2n) is 3.23. The molecule has 0 aromatic heterocycles. The van der Waals surface area contributed by atoms with Crippen LogP contribution < -0.4 is 29.6 Å². The Morgan fingerprint density at radius 2 is 1.15 bits per heavy atom. The van der Waals surface area contributed by atoms with E-state index in [-0.39, 0.29) is 42.8 Å². The predicted octanol–water partition coefficient (Wildman–Crippen LogP) is -1.92. The van der Waals surface area contributed by atoms with Crippen molar-refractivity contribution in [2.75, 3.05) is 0 Å². The van der Waals surface area contributed by atoms with Crippen LogP contribution in [0.3, 0.4) is 0 Å². The van der Waals surface area contributed by atoms with Crippen molar-refractivity contribution < 1.29 is 50.8 Å². The van der Waals surface area contributed by atoms with Gasteiger partial charge in [0.15, 0.2) is 0 Å². The maximum atomic E-state index is 10.5. The largest absolute Gasteiger partial charge is 1.00 e. The van der Waals surface area contributed by atoms with Crippen LogP contribution in [0.25, 0.3) is 0 Å². The molecule has 4 nitrogen and oxygen atoms in total. The van der Waals surface area contributed by atoms with Crippen LogP contribution in [-0.2, 0) is 9.59 Å². The molecule has 1 aliphatic rings. The van der Waals surface area contributed by atoms with Gasteiger partial charge in [-0.1, -0.05) is 0 Å². The van der Waals surface area contributed by atoms with Gasteiger partial charge < -0.3 is 11.6 Å². The molecule has 0 radical (unpaired) electrons. The summed E-state index contributed by atoms with van der Waals surface area (Å²) >= 11 is 0. The first-order valence-electron chi connectivity index (χ1n) is 4.07. The van der Waals surface area contributed by atoms with Gasteiger partial charge in [0, 0.05) is 0 Å². The zero-order chi connectivity index (χ0) is 9.14. The normalized spacial score (nSPS) is 27.4. The molecule has 0 unspecified atom stereocenters. The van der Waals surface area contributed by atoms with E-state index in [1.165, 1.54) is 0 Å². The van der Waals surface area contributed by atoms with E-state index in [1.807, 2.05) is 0 Å². The molecule has 0 heterocycles. The Morgan fingerprint density at radius 1 is 0.923 bits per heavy atom. The molecule has 0 amide bonds. The average molecular weight is 196 g/mol. The van der Waals surface area contributed by atoms with Gasteiger partial charge in [-0.05, 0) is 25.7 Å². The molecule has 2 N–H and O–H groups in total. The zero-order valence-electron chi connectivity index (χ0n) is 8.69. The van der Waals surface area contributed by atoms with E-state index < -0.39 is 11.9 Å². The maximum absolute atomic E-state index is 10.5. The molecule has 0 aromatic rings. The van der Waals surface area contributed by atoms with Gasteiger partial charge in [0.1, 0.15) is 0 Å². The number of aliphatic carboxylic acids is 2. The Labute approximate surface area is 100 Å². The van der Waals surface area contributed by atoms with Crippen LogP contribution in [-0.4, -0.2) is 22.2 Å². The monoisotopic (exact) mass is 196 g/mol. The summed E-state index contributed by atoms with van der Waals surface area (Å²) in [6.45, 7) is 0. The molecule has 1 saturated carbocycles. The van der Waals surface area contributed by atoms with Crippen LogP contribution in [0.5, 0.6) is 0 Å². The summed E-state index contributed by atoms with van der Waals surface area (Å²) in [4.78, 5) is 21.0. The number of carboxylic acid groups (broad SMARTS) is 2. The third-order valence-electron chi connectivity index (χ3n) is 2.43. The molecule has 1 rings (SSSR count). The Bertz CT molecular complexity index is 180. The first-order valence-corrected chi connectivity index (χ1v) is 4.07. The van der Waals surface area contributed by atoms with Crippen LogP contribution in [0.4, 0.5) is 0 Å². The first-order chi connectivity index (χ1) is 5.61. The molecule has 70 valence electrons. The minimum absolute atomic E-state index is 0. The molecule has 0 saturated heterocycles. The minimum Gasteiger partial charge on any atom is -1.00 e. The molecule has 1 fully saturated rings. The fourth-order valence-corrected chi connectivity index (χ4v) is 1.59. The fraction of sp³-hybridized carbons (Fsp3) is 0.750. The predicted molar refractivity (Wildman–Crippen MR) is 41.8 cm³/mol. The third kappa shape index (κ3) is 3.67. The summed E-state index contributed by atoms with van der Waals surface area (Å²) in [5, 5.41) is 17.2. The summed E-state index contributed by atoms with van der Waals surface area (Å²) < 4.78 is 0. The van der Waals surface area contributed by atoms with Gasteiger partial charge in [0.05, 0.1) is 11.8 Å². The van der Waals surface area contributed by atoms with Gasteiger partial charge in [-0.25, -0.2) is 0 Å². The molecule has 0 atom stereocenters. The van der Waals surface area contributed by atoms with Gasteiger partial charge in [-0.15, -0.1) is 0 Å². The smallest absolute Gasteiger partial charge is 1.00 e. The van der Waals surface area contributed by atoms with Gasteiger partial charge in [-0.3, -0.25) is 9.59 Å². The van der Waals surface area contributed by atoms with E-state index in [9.17, 15) is 9.59 Å². The maximum Gasteiger partial charge on any atom is 1.00 e. The second kappa shape index (κ2) is 5.62. The van der Waals surface area contributed by atoms with Gasteiger partial charge in [0.2, 0.25) is 0 Å². The Kier molecular flexibility index (Phi) is 5.60. The molecular formula is C8H13NaO4.